The van der Waals surface area contributed by atoms with Crippen LogP contribution in [0.15, 0.2) is 71.2 Å². The number of hydrogen-bond acceptors (Lipinski definition) is 3. The number of anilines is 2. The average Bonchev–Trinajstić information content (AvgIpc) is 2.68. The van der Waals surface area contributed by atoms with Gasteiger partial charge in [0, 0.05) is 15.8 Å². The van der Waals surface area contributed by atoms with E-state index in [0.29, 0.717) is 11.3 Å². The summed E-state index contributed by atoms with van der Waals surface area (Å²) in [5, 5.41) is 3.40. The highest BCUT2D eigenvalue weighted by atomic mass is 79.9. The van der Waals surface area contributed by atoms with Crippen LogP contribution < -0.4 is 15.0 Å². The maximum atomic E-state index is 13.9. The fourth-order valence-corrected chi connectivity index (χ4v) is 3.55. The van der Waals surface area contributed by atoms with E-state index in [2.05, 4.69) is 21.2 Å². The van der Waals surface area contributed by atoms with Crippen molar-refractivity contribution in [1.29, 1.82) is 0 Å². The van der Waals surface area contributed by atoms with E-state index in [1.54, 1.807) is 30.2 Å². The molecule has 1 aliphatic rings. The first-order valence-electron chi connectivity index (χ1n) is 8.36. The Kier molecular flexibility index (Phi) is 4.58. The van der Waals surface area contributed by atoms with Crippen molar-refractivity contribution in [3.8, 4) is 5.75 Å². The number of ether oxygens (including phenoxy) is 1. The summed E-state index contributed by atoms with van der Waals surface area (Å²) < 4.78 is 19.9. The van der Waals surface area contributed by atoms with Crippen LogP contribution in [0.5, 0.6) is 5.75 Å². The zero-order chi connectivity index (χ0) is 19.0. The number of nitrogens with one attached hydrogen (secondary N) is 1. The van der Waals surface area contributed by atoms with Crippen LogP contribution in [0, 0.1) is 5.82 Å². The molecule has 0 spiro atoms. The second-order valence-electron chi connectivity index (χ2n) is 6.16. The Morgan fingerprint density at radius 1 is 1.07 bits per heavy atom. The van der Waals surface area contributed by atoms with E-state index in [4.69, 9.17) is 4.74 Å². The molecule has 1 amide bonds. The number of benzene rings is 3. The number of carbonyl (C=O) groups excluding carboxylic acids is 1. The maximum Gasteiger partial charge on any atom is 0.262 e. The van der Waals surface area contributed by atoms with Crippen LogP contribution in [0.1, 0.15) is 22.1 Å². The van der Waals surface area contributed by atoms with Crippen LogP contribution in [0.3, 0.4) is 0 Å². The monoisotopic (exact) mass is 426 g/mol. The number of methoxy groups -OCH3 is 1. The van der Waals surface area contributed by atoms with Crippen molar-refractivity contribution < 1.29 is 13.9 Å². The van der Waals surface area contributed by atoms with Gasteiger partial charge in [0.15, 0.2) is 0 Å². The first kappa shape index (κ1) is 17.5. The van der Waals surface area contributed by atoms with Crippen LogP contribution in [0.4, 0.5) is 15.8 Å². The fourth-order valence-electron chi connectivity index (χ4n) is 3.19. The van der Waals surface area contributed by atoms with Gasteiger partial charge >= 0.3 is 0 Å². The summed E-state index contributed by atoms with van der Waals surface area (Å²) >= 11 is 3.41. The average molecular weight is 427 g/mol. The molecule has 4 nitrogen and oxygen atoms in total. The number of amides is 1. The number of fused-ring (bicyclic) bond motifs is 1. The number of rotatable bonds is 3. The van der Waals surface area contributed by atoms with Crippen LogP contribution in [-0.2, 0) is 0 Å². The third-order valence-corrected chi connectivity index (χ3v) is 4.99. The standard InChI is InChI=1S/C21H16BrFN2O2/c1-27-17-8-5-13(6-9-17)20-24-19-10-7-14(22)11-18(19)21(26)25(20)16-4-2-3-15(23)12-16/h2-12,20,24H,1H3/t20-/m1/s1. The molecule has 0 bridgehead atoms. The molecule has 27 heavy (non-hydrogen) atoms. The number of nitrogens with zero attached hydrogens (tertiary/aromatic N) is 1. The Labute approximate surface area is 164 Å². The molecule has 3 aromatic carbocycles. The second kappa shape index (κ2) is 7.04. The highest BCUT2D eigenvalue weighted by Crippen LogP contribution is 2.38. The summed E-state index contributed by atoms with van der Waals surface area (Å²) in [7, 11) is 1.60. The highest BCUT2D eigenvalue weighted by molar-refractivity contribution is 9.10. The summed E-state index contributed by atoms with van der Waals surface area (Å²) in [6, 6.07) is 19.0. The Hall–Kier alpha value is -2.86. The summed E-state index contributed by atoms with van der Waals surface area (Å²) in [4.78, 5) is 14.9. The van der Waals surface area contributed by atoms with Crippen molar-refractivity contribution in [2.24, 2.45) is 0 Å². The molecule has 1 heterocycles. The fraction of sp³-hybridized carbons (Fsp3) is 0.0952. The van der Waals surface area contributed by atoms with Gasteiger partial charge < -0.3 is 10.1 Å². The molecular formula is C21H16BrFN2O2. The van der Waals surface area contributed by atoms with E-state index in [9.17, 15) is 9.18 Å². The normalized spacial score (nSPS) is 15.9. The SMILES string of the molecule is COc1ccc([C@@H]2Nc3ccc(Br)cc3C(=O)N2c2cccc(F)c2)cc1. The minimum Gasteiger partial charge on any atom is -0.497 e. The lowest BCUT2D eigenvalue weighted by Crippen LogP contribution is -2.43. The zero-order valence-electron chi connectivity index (χ0n) is 14.4. The minimum atomic E-state index is -0.473. The van der Waals surface area contributed by atoms with Crippen LogP contribution in [0.25, 0.3) is 0 Å². The largest absolute Gasteiger partial charge is 0.497 e. The van der Waals surface area contributed by atoms with Crippen molar-refractivity contribution in [3.63, 3.8) is 0 Å². The molecule has 0 radical (unpaired) electrons. The first-order valence-corrected chi connectivity index (χ1v) is 9.15. The lowest BCUT2D eigenvalue weighted by molar-refractivity contribution is 0.0975. The second-order valence-corrected chi connectivity index (χ2v) is 7.08. The van der Waals surface area contributed by atoms with E-state index >= 15 is 0 Å². The molecule has 0 aliphatic carbocycles. The summed E-state index contributed by atoms with van der Waals surface area (Å²) in [6.07, 6.45) is -0.473. The maximum absolute atomic E-state index is 13.9. The molecule has 0 fully saturated rings. The molecule has 0 unspecified atom stereocenters. The molecule has 0 saturated heterocycles. The summed E-state index contributed by atoms with van der Waals surface area (Å²) in [6.45, 7) is 0. The Balaban J connectivity index is 1.85. The smallest absolute Gasteiger partial charge is 0.262 e. The van der Waals surface area contributed by atoms with Crippen molar-refractivity contribution in [2.75, 3.05) is 17.3 Å². The van der Waals surface area contributed by atoms with Crippen LogP contribution >= 0.6 is 15.9 Å². The van der Waals surface area contributed by atoms with Gasteiger partial charge in [0.05, 0.1) is 12.7 Å². The zero-order valence-corrected chi connectivity index (χ0v) is 16.0. The lowest BCUT2D eigenvalue weighted by Gasteiger charge is -2.38. The van der Waals surface area contributed by atoms with E-state index in [1.807, 2.05) is 36.4 Å². The minimum absolute atomic E-state index is 0.198. The van der Waals surface area contributed by atoms with Gasteiger partial charge in [0.2, 0.25) is 0 Å². The van der Waals surface area contributed by atoms with Gasteiger partial charge in [-0.2, -0.15) is 0 Å². The Morgan fingerprint density at radius 2 is 1.85 bits per heavy atom. The van der Waals surface area contributed by atoms with E-state index in [0.717, 1.165) is 21.5 Å². The number of halogens is 2. The molecule has 136 valence electrons. The molecule has 1 aliphatic heterocycles. The molecule has 6 heteroatoms. The highest BCUT2D eigenvalue weighted by Gasteiger charge is 2.34. The van der Waals surface area contributed by atoms with Crippen molar-refractivity contribution in [2.45, 2.75) is 6.17 Å². The van der Waals surface area contributed by atoms with Crippen molar-refractivity contribution in [1.82, 2.24) is 0 Å². The molecule has 4 rings (SSSR count). The number of hydrogen-bond donors (Lipinski definition) is 1. The van der Waals surface area contributed by atoms with Crippen molar-refractivity contribution >= 4 is 33.2 Å². The van der Waals surface area contributed by atoms with Gasteiger partial charge in [-0.3, -0.25) is 9.69 Å². The lowest BCUT2D eigenvalue weighted by atomic mass is 10.0. The predicted octanol–water partition coefficient (Wildman–Crippen LogP) is 5.37. The molecule has 3 aromatic rings. The number of carbonyl (C=O) groups is 1. The van der Waals surface area contributed by atoms with Gasteiger partial charge in [-0.25, -0.2) is 4.39 Å². The van der Waals surface area contributed by atoms with Crippen LogP contribution in [0.2, 0.25) is 0 Å². The Bertz CT molecular complexity index is 1010. The molecule has 1 atom stereocenters. The predicted molar refractivity (Wildman–Crippen MR) is 107 cm³/mol. The van der Waals surface area contributed by atoms with Crippen LogP contribution in [-0.4, -0.2) is 13.0 Å². The molecular weight excluding hydrogens is 411 g/mol. The molecule has 0 saturated carbocycles. The Morgan fingerprint density at radius 3 is 2.56 bits per heavy atom. The van der Waals surface area contributed by atoms with Gasteiger partial charge in [-0.15, -0.1) is 0 Å². The quantitative estimate of drug-likeness (QED) is 0.611. The van der Waals surface area contributed by atoms with E-state index in [-0.39, 0.29) is 5.91 Å². The van der Waals surface area contributed by atoms with Gasteiger partial charge in [-0.1, -0.05) is 34.1 Å². The third kappa shape index (κ3) is 3.28. The first-order chi connectivity index (χ1) is 13.1. The third-order valence-electron chi connectivity index (χ3n) is 4.50. The van der Waals surface area contributed by atoms with E-state index < -0.39 is 12.0 Å². The van der Waals surface area contributed by atoms with Gasteiger partial charge in [0.1, 0.15) is 17.7 Å². The molecule has 1 N–H and O–H groups in total. The topological polar surface area (TPSA) is 41.6 Å². The van der Waals surface area contributed by atoms with Gasteiger partial charge in [-0.05, 0) is 54.1 Å². The summed E-state index contributed by atoms with van der Waals surface area (Å²) in [5.41, 5.74) is 2.61. The van der Waals surface area contributed by atoms with E-state index in [1.165, 1.54) is 12.1 Å². The molecule has 0 aromatic heterocycles. The van der Waals surface area contributed by atoms with Crippen molar-refractivity contribution in [3.05, 3.63) is 88.1 Å². The summed E-state index contributed by atoms with van der Waals surface area (Å²) in [5.74, 6) is 0.132. The van der Waals surface area contributed by atoms with Gasteiger partial charge in [0.25, 0.3) is 5.91 Å².